The Bertz CT molecular complexity index is 578. The molecule has 0 bridgehead atoms. The van der Waals surface area contributed by atoms with Crippen LogP contribution < -0.4 is 4.74 Å². The van der Waals surface area contributed by atoms with E-state index in [0.29, 0.717) is 17.7 Å². The van der Waals surface area contributed by atoms with Crippen molar-refractivity contribution in [1.82, 2.24) is 0 Å². The van der Waals surface area contributed by atoms with Crippen molar-refractivity contribution < 1.29 is 14.8 Å². The summed E-state index contributed by atoms with van der Waals surface area (Å²) in [5.41, 5.74) is 1.53. The molecule has 1 aromatic carbocycles. The zero-order valence-electron chi connectivity index (χ0n) is 12.5. The van der Waals surface area contributed by atoms with Crippen LogP contribution in [-0.4, -0.2) is 22.2 Å². The third-order valence-electron chi connectivity index (χ3n) is 5.24. The molecule has 2 unspecified atom stereocenters. The van der Waals surface area contributed by atoms with E-state index < -0.39 is 0 Å². The average molecular weight is 291 g/mol. The largest absolute Gasteiger partial charge is 0.489 e. The predicted octanol–water partition coefficient (Wildman–Crippen LogP) is 3.28. The van der Waals surface area contributed by atoms with Gasteiger partial charge < -0.3 is 9.84 Å². The lowest BCUT2D eigenvalue weighted by atomic mass is 9.62. The predicted molar refractivity (Wildman–Crippen MR) is 78.5 cm³/mol. The van der Waals surface area contributed by atoms with Gasteiger partial charge in [0.2, 0.25) is 0 Å². The number of hydrogen-bond acceptors (Lipinski definition) is 4. The average Bonchev–Trinajstić information content (AvgIpc) is 2.93. The summed E-state index contributed by atoms with van der Waals surface area (Å²) in [7, 11) is 0. The van der Waals surface area contributed by atoms with E-state index in [0.717, 1.165) is 31.2 Å². The van der Waals surface area contributed by atoms with E-state index in [1.807, 2.05) is 6.92 Å². The fourth-order valence-electron chi connectivity index (χ4n) is 3.88. The fraction of sp³-hybridized carbons (Fsp3) is 0.625. The first kappa shape index (κ1) is 14.3. The molecule has 114 valence electrons. The lowest BCUT2D eigenvalue weighted by Gasteiger charge is -2.51. The molecule has 2 fully saturated rings. The normalized spacial score (nSPS) is 26.6. The topological polar surface area (TPSA) is 72.6 Å². The molecule has 5 nitrogen and oxygen atoms in total. The van der Waals surface area contributed by atoms with Gasteiger partial charge in [-0.2, -0.15) is 0 Å². The van der Waals surface area contributed by atoms with Gasteiger partial charge in [0.05, 0.1) is 17.1 Å². The Hall–Kier alpha value is -1.62. The summed E-state index contributed by atoms with van der Waals surface area (Å²) < 4.78 is 6.07. The minimum atomic E-state index is -0.372. The van der Waals surface area contributed by atoms with Crippen LogP contribution in [0.5, 0.6) is 5.75 Å². The highest BCUT2D eigenvalue weighted by molar-refractivity contribution is 5.49. The number of aliphatic hydroxyl groups is 1. The van der Waals surface area contributed by atoms with Crippen LogP contribution >= 0.6 is 0 Å². The maximum atomic E-state index is 11.1. The van der Waals surface area contributed by atoms with Crippen molar-refractivity contribution in [2.45, 2.75) is 58.2 Å². The number of hydrogen-bond donors (Lipinski definition) is 1. The smallest absolute Gasteiger partial charge is 0.276 e. The number of nitro benzene ring substituents is 1. The minimum absolute atomic E-state index is 0.0176. The van der Waals surface area contributed by atoms with Gasteiger partial charge in [0, 0.05) is 17.4 Å². The molecule has 2 saturated carbocycles. The van der Waals surface area contributed by atoms with Crippen molar-refractivity contribution in [3.8, 4) is 5.75 Å². The van der Waals surface area contributed by atoms with Gasteiger partial charge in [-0.1, -0.05) is 12.8 Å². The van der Waals surface area contributed by atoms with E-state index in [1.165, 1.54) is 6.07 Å². The van der Waals surface area contributed by atoms with E-state index in [1.54, 1.807) is 13.0 Å². The molecule has 0 aliphatic heterocycles. The van der Waals surface area contributed by atoms with Crippen LogP contribution in [-0.2, 0) is 0 Å². The molecule has 1 N–H and O–H groups in total. The van der Waals surface area contributed by atoms with E-state index in [2.05, 4.69) is 0 Å². The van der Waals surface area contributed by atoms with E-state index in [9.17, 15) is 15.2 Å². The number of rotatable bonds is 3. The third-order valence-corrected chi connectivity index (χ3v) is 5.24. The summed E-state index contributed by atoms with van der Waals surface area (Å²) in [6, 6.07) is 3.32. The number of ether oxygens (including phenoxy) is 1. The molecule has 2 aliphatic rings. The highest BCUT2D eigenvalue weighted by atomic mass is 16.6. The Morgan fingerprint density at radius 3 is 2.52 bits per heavy atom. The van der Waals surface area contributed by atoms with Gasteiger partial charge in [-0.05, 0) is 38.3 Å². The summed E-state index contributed by atoms with van der Waals surface area (Å²) >= 11 is 0. The van der Waals surface area contributed by atoms with E-state index in [-0.39, 0.29) is 28.2 Å². The van der Waals surface area contributed by atoms with Crippen LogP contribution in [0.25, 0.3) is 0 Å². The van der Waals surface area contributed by atoms with Gasteiger partial charge in [-0.25, -0.2) is 0 Å². The Morgan fingerprint density at radius 1 is 1.29 bits per heavy atom. The zero-order chi connectivity index (χ0) is 15.2. The molecular formula is C16H21NO4. The Morgan fingerprint density at radius 2 is 1.95 bits per heavy atom. The Kier molecular flexibility index (Phi) is 3.40. The van der Waals surface area contributed by atoms with Crippen molar-refractivity contribution in [3.05, 3.63) is 33.4 Å². The van der Waals surface area contributed by atoms with Crippen molar-refractivity contribution >= 4 is 5.69 Å². The molecule has 2 atom stereocenters. The van der Waals surface area contributed by atoms with Gasteiger partial charge in [-0.15, -0.1) is 0 Å². The molecule has 2 aliphatic carbocycles. The van der Waals surface area contributed by atoms with Crippen LogP contribution in [0.15, 0.2) is 12.1 Å². The van der Waals surface area contributed by atoms with Gasteiger partial charge in [0.25, 0.3) is 5.69 Å². The second-order valence-corrected chi connectivity index (χ2v) is 6.46. The van der Waals surface area contributed by atoms with Gasteiger partial charge in [0.15, 0.2) is 0 Å². The van der Waals surface area contributed by atoms with Crippen LogP contribution in [0, 0.1) is 29.4 Å². The monoisotopic (exact) mass is 291 g/mol. The van der Waals surface area contributed by atoms with Crippen molar-refractivity contribution in [3.63, 3.8) is 0 Å². The number of nitrogens with zero attached hydrogens (tertiary/aromatic N) is 1. The van der Waals surface area contributed by atoms with Crippen LogP contribution in [0.4, 0.5) is 5.69 Å². The van der Waals surface area contributed by atoms with Crippen LogP contribution in [0.2, 0.25) is 0 Å². The standard InChI is InChI=1S/C16H21NO4/c1-10-7-11(2)13(8-12(10)17(19)20)21-15-9-14(18)16(15)5-3-4-6-16/h7-8,14-15,18H,3-6,9H2,1-2H3. The molecule has 21 heavy (non-hydrogen) atoms. The molecule has 0 aromatic heterocycles. The Labute approximate surface area is 124 Å². The van der Waals surface area contributed by atoms with Crippen LogP contribution in [0.1, 0.15) is 43.2 Å². The minimum Gasteiger partial charge on any atom is -0.489 e. The molecule has 5 heteroatoms. The number of aryl methyl sites for hydroxylation is 2. The number of nitro groups is 1. The van der Waals surface area contributed by atoms with Gasteiger partial charge in [0.1, 0.15) is 11.9 Å². The summed E-state index contributed by atoms with van der Waals surface area (Å²) in [6.45, 7) is 3.64. The molecule has 1 aromatic rings. The molecule has 3 rings (SSSR count). The quantitative estimate of drug-likeness (QED) is 0.685. The van der Waals surface area contributed by atoms with Crippen molar-refractivity contribution in [2.75, 3.05) is 0 Å². The molecule has 0 saturated heterocycles. The second-order valence-electron chi connectivity index (χ2n) is 6.46. The van der Waals surface area contributed by atoms with E-state index >= 15 is 0 Å². The summed E-state index contributed by atoms with van der Waals surface area (Å²) in [6.07, 6.45) is 4.56. The highest BCUT2D eigenvalue weighted by Gasteiger charge is 2.57. The fourth-order valence-corrected chi connectivity index (χ4v) is 3.88. The summed E-state index contributed by atoms with van der Waals surface area (Å²) in [5.74, 6) is 0.579. The molecule has 0 heterocycles. The van der Waals surface area contributed by atoms with Crippen LogP contribution in [0.3, 0.4) is 0 Å². The van der Waals surface area contributed by atoms with Gasteiger partial charge in [-0.3, -0.25) is 10.1 Å². The zero-order valence-corrected chi connectivity index (χ0v) is 12.5. The first-order valence-corrected chi connectivity index (χ1v) is 7.54. The molecule has 0 radical (unpaired) electrons. The Balaban J connectivity index is 1.85. The first-order valence-electron chi connectivity index (χ1n) is 7.54. The summed E-state index contributed by atoms with van der Waals surface area (Å²) in [5, 5.41) is 21.2. The maximum Gasteiger partial charge on any atom is 0.276 e. The molecular weight excluding hydrogens is 270 g/mol. The van der Waals surface area contributed by atoms with Gasteiger partial charge >= 0.3 is 0 Å². The van der Waals surface area contributed by atoms with Crippen molar-refractivity contribution in [2.24, 2.45) is 5.41 Å². The SMILES string of the molecule is Cc1cc(C)c([N+](=O)[O-])cc1OC1CC(O)C12CCCC2. The van der Waals surface area contributed by atoms with E-state index in [4.69, 9.17) is 4.74 Å². The third kappa shape index (κ3) is 2.20. The summed E-state index contributed by atoms with van der Waals surface area (Å²) in [4.78, 5) is 10.7. The highest BCUT2D eigenvalue weighted by Crippen LogP contribution is 2.54. The number of aliphatic hydroxyl groups excluding tert-OH is 1. The molecule has 0 amide bonds. The first-order chi connectivity index (χ1) is 9.94. The van der Waals surface area contributed by atoms with Crippen molar-refractivity contribution in [1.29, 1.82) is 0 Å². The molecule has 1 spiro atoms. The second kappa shape index (κ2) is 4.98. The lowest BCUT2D eigenvalue weighted by Crippen LogP contribution is -2.58. The lowest BCUT2D eigenvalue weighted by molar-refractivity contribution is -0.385. The number of benzene rings is 1. The maximum absolute atomic E-state index is 11.1.